The number of nitrogens with one attached hydrogen (secondary N) is 1. The summed E-state index contributed by atoms with van der Waals surface area (Å²) in [6.07, 6.45) is 2.56. The van der Waals surface area contributed by atoms with Crippen LogP contribution in [-0.2, 0) is 9.59 Å². The molecule has 6 heteroatoms. The van der Waals surface area contributed by atoms with Crippen LogP contribution in [0, 0.1) is 18.8 Å². The second-order valence-electron chi connectivity index (χ2n) is 7.09. The lowest BCUT2D eigenvalue weighted by atomic mass is 9.96. The number of likely N-dealkylation sites (tertiary alicyclic amines) is 1. The van der Waals surface area contributed by atoms with Gasteiger partial charge in [0, 0.05) is 31.7 Å². The number of anilines is 1. The Morgan fingerprint density at radius 3 is 2.64 bits per heavy atom. The molecule has 0 radical (unpaired) electrons. The van der Waals surface area contributed by atoms with E-state index in [9.17, 15) is 9.59 Å². The smallest absolute Gasteiger partial charge is 0.228 e. The van der Waals surface area contributed by atoms with Crippen LogP contribution >= 0.6 is 12.4 Å². The summed E-state index contributed by atoms with van der Waals surface area (Å²) in [6.45, 7) is 5.12. The van der Waals surface area contributed by atoms with Crippen LogP contribution in [0.25, 0.3) is 0 Å². The first-order valence-electron chi connectivity index (χ1n) is 8.89. The van der Waals surface area contributed by atoms with Crippen molar-refractivity contribution in [3.63, 3.8) is 0 Å². The molecule has 2 saturated heterocycles. The number of amides is 2. The van der Waals surface area contributed by atoms with Gasteiger partial charge in [0.1, 0.15) is 0 Å². The Balaban J connectivity index is 0.00000225. The average molecular weight is 366 g/mol. The van der Waals surface area contributed by atoms with Gasteiger partial charge in [0.25, 0.3) is 0 Å². The predicted molar refractivity (Wildman–Crippen MR) is 102 cm³/mol. The average Bonchev–Trinajstić information content (AvgIpc) is 2.97. The van der Waals surface area contributed by atoms with Crippen molar-refractivity contribution in [3.8, 4) is 0 Å². The molecule has 0 bridgehead atoms. The summed E-state index contributed by atoms with van der Waals surface area (Å²) >= 11 is 0. The summed E-state index contributed by atoms with van der Waals surface area (Å²) in [5.74, 6) is 0.532. The summed E-state index contributed by atoms with van der Waals surface area (Å²) in [5, 5.41) is 3.21. The molecule has 2 fully saturated rings. The maximum atomic E-state index is 12.9. The van der Waals surface area contributed by atoms with Crippen molar-refractivity contribution in [3.05, 3.63) is 29.8 Å². The van der Waals surface area contributed by atoms with Crippen LogP contribution in [0.15, 0.2) is 24.3 Å². The summed E-state index contributed by atoms with van der Waals surface area (Å²) in [7, 11) is 1.95. The van der Waals surface area contributed by atoms with Crippen molar-refractivity contribution < 1.29 is 9.59 Å². The summed E-state index contributed by atoms with van der Waals surface area (Å²) < 4.78 is 0. The summed E-state index contributed by atoms with van der Waals surface area (Å²) in [5.41, 5.74) is 2.06. The van der Waals surface area contributed by atoms with Crippen molar-refractivity contribution in [1.29, 1.82) is 0 Å². The first-order valence-corrected chi connectivity index (χ1v) is 8.89. The van der Waals surface area contributed by atoms with E-state index in [0.717, 1.165) is 31.7 Å². The molecule has 0 aliphatic carbocycles. The first-order chi connectivity index (χ1) is 11.6. The molecule has 2 aliphatic rings. The highest BCUT2D eigenvalue weighted by atomic mass is 35.5. The minimum atomic E-state index is -0.202. The van der Waals surface area contributed by atoms with Gasteiger partial charge < -0.3 is 15.1 Å². The summed E-state index contributed by atoms with van der Waals surface area (Å²) in [4.78, 5) is 29.0. The second-order valence-corrected chi connectivity index (χ2v) is 7.09. The third kappa shape index (κ3) is 4.53. The number of halogens is 1. The van der Waals surface area contributed by atoms with Gasteiger partial charge in [-0.25, -0.2) is 0 Å². The van der Waals surface area contributed by atoms with Crippen LogP contribution < -0.4 is 10.2 Å². The minimum absolute atomic E-state index is 0. The highest BCUT2D eigenvalue weighted by Gasteiger charge is 2.38. The Morgan fingerprint density at radius 2 is 1.96 bits per heavy atom. The highest BCUT2D eigenvalue weighted by molar-refractivity contribution is 6.00. The van der Waals surface area contributed by atoms with Gasteiger partial charge in [0.2, 0.25) is 11.8 Å². The molecule has 0 spiro atoms. The molecule has 25 heavy (non-hydrogen) atoms. The maximum absolute atomic E-state index is 12.9. The van der Waals surface area contributed by atoms with Crippen molar-refractivity contribution in [2.24, 2.45) is 11.8 Å². The van der Waals surface area contributed by atoms with E-state index in [1.807, 2.05) is 43.1 Å². The van der Waals surface area contributed by atoms with Gasteiger partial charge in [-0.15, -0.1) is 12.4 Å². The maximum Gasteiger partial charge on any atom is 0.228 e. The van der Waals surface area contributed by atoms with E-state index in [1.54, 1.807) is 4.90 Å². The van der Waals surface area contributed by atoms with Crippen LogP contribution in [0.2, 0.25) is 0 Å². The number of carbonyl (C=O) groups excluding carboxylic acids is 2. The minimum Gasteiger partial charge on any atom is -0.342 e. The number of hydrogen-bond acceptors (Lipinski definition) is 3. The zero-order valence-corrected chi connectivity index (χ0v) is 15.8. The lowest BCUT2D eigenvalue weighted by molar-refractivity contribution is -0.137. The van der Waals surface area contributed by atoms with Crippen LogP contribution in [-0.4, -0.2) is 49.9 Å². The van der Waals surface area contributed by atoms with Gasteiger partial charge in [-0.05, 0) is 51.4 Å². The normalized spacial score (nSPS) is 23.5. The lowest BCUT2D eigenvalue weighted by Crippen LogP contribution is -2.45. The van der Waals surface area contributed by atoms with E-state index in [0.29, 0.717) is 18.9 Å². The number of rotatable bonds is 4. The Labute approximate surface area is 156 Å². The Bertz CT molecular complexity index is 603. The van der Waals surface area contributed by atoms with Crippen LogP contribution in [0.3, 0.4) is 0 Å². The van der Waals surface area contributed by atoms with E-state index in [4.69, 9.17) is 0 Å². The number of aryl methyl sites for hydroxylation is 1. The van der Waals surface area contributed by atoms with Gasteiger partial charge in [-0.2, -0.15) is 0 Å². The fourth-order valence-electron chi connectivity index (χ4n) is 3.83. The molecule has 0 aromatic heterocycles. The van der Waals surface area contributed by atoms with E-state index in [1.165, 1.54) is 12.0 Å². The molecular formula is C19H28ClN3O2. The van der Waals surface area contributed by atoms with E-state index in [2.05, 4.69) is 5.32 Å². The topological polar surface area (TPSA) is 52.7 Å². The van der Waals surface area contributed by atoms with Crippen LogP contribution in [0.4, 0.5) is 5.69 Å². The molecule has 2 atom stereocenters. The quantitative estimate of drug-likeness (QED) is 0.890. The molecular weight excluding hydrogens is 338 g/mol. The monoisotopic (exact) mass is 365 g/mol. The van der Waals surface area contributed by atoms with Gasteiger partial charge in [-0.3, -0.25) is 9.59 Å². The van der Waals surface area contributed by atoms with Gasteiger partial charge >= 0.3 is 0 Å². The molecule has 3 rings (SSSR count). The predicted octanol–water partition coefficient (Wildman–Crippen LogP) is 2.23. The van der Waals surface area contributed by atoms with Crippen molar-refractivity contribution >= 4 is 29.9 Å². The Kier molecular flexibility index (Phi) is 6.85. The largest absolute Gasteiger partial charge is 0.342 e. The lowest BCUT2D eigenvalue weighted by Gasteiger charge is -2.34. The van der Waals surface area contributed by atoms with Gasteiger partial charge in [0.15, 0.2) is 0 Å². The van der Waals surface area contributed by atoms with Gasteiger partial charge in [0.05, 0.1) is 5.92 Å². The van der Waals surface area contributed by atoms with Crippen molar-refractivity contribution in [2.45, 2.75) is 26.2 Å². The van der Waals surface area contributed by atoms with Crippen LogP contribution in [0.1, 0.15) is 24.8 Å². The molecule has 5 nitrogen and oxygen atoms in total. The highest BCUT2D eigenvalue weighted by Crippen LogP contribution is 2.28. The molecule has 2 unspecified atom stereocenters. The molecule has 0 saturated carbocycles. The number of carbonyl (C=O) groups is 2. The molecule has 2 aliphatic heterocycles. The zero-order chi connectivity index (χ0) is 17.1. The fraction of sp³-hybridized carbons (Fsp3) is 0.579. The molecule has 2 heterocycles. The second kappa shape index (κ2) is 8.68. The van der Waals surface area contributed by atoms with Crippen molar-refractivity contribution in [2.75, 3.05) is 38.1 Å². The Morgan fingerprint density at radius 1 is 1.24 bits per heavy atom. The fourth-order valence-corrected chi connectivity index (χ4v) is 3.83. The van der Waals surface area contributed by atoms with E-state index < -0.39 is 0 Å². The van der Waals surface area contributed by atoms with E-state index >= 15 is 0 Å². The number of piperidine rings is 1. The molecule has 138 valence electrons. The number of nitrogens with zero attached hydrogens (tertiary/aromatic N) is 2. The molecule has 1 aromatic carbocycles. The number of benzene rings is 1. The SMILES string of the molecule is CNCC1CCCN(C(=O)C2CC(=O)N(c3ccc(C)cc3)C2)C1.Cl. The molecule has 2 amide bonds. The van der Waals surface area contributed by atoms with Crippen molar-refractivity contribution in [1.82, 2.24) is 10.2 Å². The standard InChI is InChI=1S/C19H27N3O2.ClH/c1-14-5-7-17(8-6-14)22-13-16(10-18(22)23)19(24)21-9-3-4-15(12-21)11-20-2;/h5-8,15-16,20H,3-4,9-13H2,1-2H3;1H. The number of hydrogen-bond donors (Lipinski definition) is 1. The Hall–Kier alpha value is -1.59. The summed E-state index contributed by atoms with van der Waals surface area (Å²) in [6, 6.07) is 7.93. The van der Waals surface area contributed by atoms with E-state index in [-0.39, 0.29) is 30.1 Å². The third-order valence-electron chi connectivity index (χ3n) is 5.14. The molecule has 1 aromatic rings. The molecule has 1 N–H and O–H groups in total. The van der Waals surface area contributed by atoms with Gasteiger partial charge in [-0.1, -0.05) is 17.7 Å². The van der Waals surface area contributed by atoms with Crippen LogP contribution in [0.5, 0.6) is 0 Å². The third-order valence-corrected chi connectivity index (χ3v) is 5.14. The first kappa shape index (κ1) is 19.7. The zero-order valence-electron chi connectivity index (χ0n) is 15.0.